The van der Waals surface area contributed by atoms with Gasteiger partial charge in [0, 0.05) is 12.1 Å². The van der Waals surface area contributed by atoms with E-state index < -0.39 is 0 Å². The average Bonchev–Trinajstić information content (AvgIpc) is 2.97. The van der Waals surface area contributed by atoms with E-state index in [4.69, 9.17) is 5.73 Å². The van der Waals surface area contributed by atoms with E-state index in [2.05, 4.69) is 20.8 Å². The molecule has 1 amide bonds. The number of nitrogens with two attached hydrogens (primary N) is 1. The first-order valence-electron chi connectivity index (χ1n) is 7.04. The molecule has 3 rings (SSSR count). The fourth-order valence-electron chi connectivity index (χ4n) is 2.68. The number of anilines is 1. The Balaban J connectivity index is 1.67. The second-order valence-corrected chi connectivity index (χ2v) is 5.59. The summed E-state index contributed by atoms with van der Waals surface area (Å²) in [6, 6.07) is 7.42. The van der Waals surface area contributed by atoms with E-state index >= 15 is 0 Å². The molecule has 0 saturated heterocycles. The smallest absolute Gasteiger partial charge is 0.224 e. The monoisotopic (exact) mass is 286 g/mol. The van der Waals surface area contributed by atoms with Gasteiger partial charge in [0.25, 0.3) is 0 Å². The van der Waals surface area contributed by atoms with Crippen LogP contribution in [0.4, 0.5) is 5.69 Å². The van der Waals surface area contributed by atoms with Crippen molar-refractivity contribution in [1.82, 2.24) is 20.2 Å². The second-order valence-electron chi connectivity index (χ2n) is 5.59. The number of tetrazole rings is 1. The van der Waals surface area contributed by atoms with Gasteiger partial charge >= 0.3 is 0 Å². The third-order valence-corrected chi connectivity index (χ3v) is 4.13. The Kier molecular flexibility index (Phi) is 3.66. The summed E-state index contributed by atoms with van der Waals surface area (Å²) >= 11 is 0. The van der Waals surface area contributed by atoms with Gasteiger partial charge in [-0.15, -0.1) is 5.10 Å². The minimum Gasteiger partial charge on any atom is -0.330 e. The summed E-state index contributed by atoms with van der Waals surface area (Å²) in [6.45, 7) is 0.574. The first-order valence-corrected chi connectivity index (χ1v) is 7.04. The van der Waals surface area contributed by atoms with Gasteiger partial charge in [0.1, 0.15) is 6.33 Å². The average molecular weight is 286 g/mol. The van der Waals surface area contributed by atoms with Crippen molar-refractivity contribution < 1.29 is 4.79 Å². The Morgan fingerprint density at radius 1 is 1.43 bits per heavy atom. The van der Waals surface area contributed by atoms with Crippen molar-refractivity contribution in [1.29, 1.82) is 0 Å². The predicted molar refractivity (Wildman–Crippen MR) is 77.7 cm³/mol. The Bertz CT molecular complexity index is 615. The molecule has 0 radical (unpaired) electrons. The summed E-state index contributed by atoms with van der Waals surface area (Å²) in [5.41, 5.74) is 7.34. The van der Waals surface area contributed by atoms with Crippen molar-refractivity contribution in [3.05, 3.63) is 30.6 Å². The van der Waals surface area contributed by atoms with Crippen LogP contribution in [0.3, 0.4) is 0 Å². The summed E-state index contributed by atoms with van der Waals surface area (Å²) in [5, 5.41) is 14.0. The van der Waals surface area contributed by atoms with Gasteiger partial charge in [-0.25, -0.2) is 4.68 Å². The van der Waals surface area contributed by atoms with Gasteiger partial charge in [-0.1, -0.05) is 12.5 Å². The normalized spacial score (nSPS) is 16.2. The topological polar surface area (TPSA) is 98.7 Å². The van der Waals surface area contributed by atoms with Crippen LogP contribution in [0.2, 0.25) is 0 Å². The van der Waals surface area contributed by atoms with Crippen molar-refractivity contribution in [3.63, 3.8) is 0 Å². The summed E-state index contributed by atoms with van der Waals surface area (Å²) in [4.78, 5) is 12.2. The molecule has 7 nitrogen and oxygen atoms in total. The van der Waals surface area contributed by atoms with E-state index in [-0.39, 0.29) is 11.3 Å². The highest BCUT2D eigenvalue weighted by Crippen LogP contribution is 2.43. The van der Waals surface area contributed by atoms with Crippen LogP contribution >= 0.6 is 0 Å². The number of hydrogen-bond donors (Lipinski definition) is 2. The van der Waals surface area contributed by atoms with Crippen molar-refractivity contribution in [3.8, 4) is 5.69 Å². The summed E-state index contributed by atoms with van der Waals surface area (Å²) < 4.78 is 1.54. The molecule has 1 aliphatic carbocycles. The number of rotatable bonds is 5. The number of nitrogens with zero attached hydrogens (tertiary/aromatic N) is 4. The van der Waals surface area contributed by atoms with Gasteiger partial charge in [0.15, 0.2) is 0 Å². The van der Waals surface area contributed by atoms with Crippen LogP contribution in [0.5, 0.6) is 0 Å². The van der Waals surface area contributed by atoms with Crippen LogP contribution in [0, 0.1) is 5.41 Å². The van der Waals surface area contributed by atoms with E-state index in [9.17, 15) is 4.79 Å². The molecule has 1 saturated carbocycles. The van der Waals surface area contributed by atoms with Crippen LogP contribution in [-0.2, 0) is 4.79 Å². The number of amides is 1. The maximum absolute atomic E-state index is 12.2. The van der Waals surface area contributed by atoms with E-state index in [1.165, 1.54) is 12.7 Å². The highest BCUT2D eigenvalue weighted by Gasteiger charge is 2.37. The van der Waals surface area contributed by atoms with Gasteiger partial charge in [0.05, 0.1) is 5.69 Å². The van der Waals surface area contributed by atoms with Crippen LogP contribution in [0.1, 0.15) is 25.7 Å². The summed E-state index contributed by atoms with van der Waals surface area (Å²) in [5.74, 6) is 0.00835. The standard InChI is InChI=1S/C14H18N6O/c15-9-14(5-2-6-14)8-13(21)17-11-3-1-4-12(7-11)20-10-16-18-19-20/h1,3-4,7,10H,2,5-6,8-9,15H2,(H,17,21). The zero-order valence-electron chi connectivity index (χ0n) is 11.7. The Labute approximate surface area is 122 Å². The van der Waals surface area contributed by atoms with Gasteiger partial charge in [-0.05, 0) is 53.4 Å². The number of carbonyl (C=O) groups excluding carboxylic acids is 1. The molecule has 0 bridgehead atoms. The van der Waals surface area contributed by atoms with Crippen molar-refractivity contribution in [2.45, 2.75) is 25.7 Å². The number of hydrogen-bond acceptors (Lipinski definition) is 5. The van der Waals surface area contributed by atoms with Crippen molar-refractivity contribution >= 4 is 11.6 Å². The third-order valence-electron chi connectivity index (χ3n) is 4.13. The first-order chi connectivity index (χ1) is 10.2. The molecule has 110 valence electrons. The van der Waals surface area contributed by atoms with Crippen molar-refractivity contribution in [2.24, 2.45) is 11.1 Å². The molecule has 3 N–H and O–H groups in total. The molecule has 1 aliphatic rings. The molecule has 1 aromatic carbocycles. The molecule has 0 atom stereocenters. The maximum Gasteiger partial charge on any atom is 0.224 e. The molecule has 21 heavy (non-hydrogen) atoms. The molecule has 0 aliphatic heterocycles. The summed E-state index contributed by atoms with van der Waals surface area (Å²) in [6.07, 6.45) is 5.25. The van der Waals surface area contributed by atoms with E-state index in [1.807, 2.05) is 24.3 Å². The quantitative estimate of drug-likeness (QED) is 0.858. The number of aromatic nitrogens is 4. The molecule has 1 fully saturated rings. The van der Waals surface area contributed by atoms with E-state index in [0.29, 0.717) is 13.0 Å². The number of nitrogens with one attached hydrogen (secondary N) is 1. The largest absolute Gasteiger partial charge is 0.330 e. The van der Waals surface area contributed by atoms with Gasteiger partial charge in [-0.2, -0.15) is 0 Å². The molecule has 0 unspecified atom stereocenters. The number of carbonyl (C=O) groups is 1. The molecule has 2 aromatic rings. The summed E-state index contributed by atoms with van der Waals surface area (Å²) in [7, 11) is 0. The molecule has 7 heteroatoms. The first kappa shape index (κ1) is 13.7. The molecule has 1 heterocycles. The molecular formula is C14H18N6O. The van der Waals surface area contributed by atoms with Crippen LogP contribution in [0.15, 0.2) is 30.6 Å². The van der Waals surface area contributed by atoms with Gasteiger partial charge in [0.2, 0.25) is 5.91 Å². The minimum atomic E-state index is 0.00835. The van der Waals surface area contributed by atoms with Gasteiger partial charge < -0.3 is 11.1 Å². The Morgan fingerprint density at radius 3 is 2.90 bits per heavy atom. The Morgan fingerprint density at radius 2 is 2.29 bits per heavy atom. The van der Waals surface area contributed by atoms with Crippen molar-refractivity contribution in [2.75, 3.05) is 11.9 Å². The molecular weight excluding hydrogens is 268 g/mol. The Hall–Kier alpha value is -2.28. The number of benzene rings is 1. The predicted octanol–water partition coefficient (Wildman–Crippen LogP) is 1.12. The van der Waals surface area contributed by atoms with Crippen LogP contribution in [-0.4, -0.2) is 32.7 Å². The lowest BCUT2D eigenvalue weighted by Gasteiger charge is -2.40. The fraction of sp³-hybridized carbons (Fsp3) is 0.429. The minimum absolute atomic E-state index is 0.00835. The van der Waals surface area contributed by atoms with Crippen LogP contribution < -0.4 is 11.1 Å². The van der Waals surface area contributed by atoms with Gasteiger partial charge in [-0.3, -0.25) is 4.79 Å². The fourth-order valence-corrected chi connectivity index (χ4v) is 2.68. The lowest BCUT2D eigenvalue weighted by atomic mass is 9.66. The highest BCUT2D eigenvalue weighted by atomic mass is 16.1. The van der Waals surface area contributed by atoms with E-state index in [1.54, 1.807) is 4.68 Å². The maximum atomic E-state index is 12.2. The highest BCUT2D eigenvalue weighted by molar-refractivity contribution is 5.91. The van der Waals surface area contributed by atoms with E-state index in [0.717, 1.165) is 24.2 Å². The lowest BCUT2D eigenvalue weighted by Crippen LogP contribution is -2.40. The zero-order valence-corrected chi connectivity index (χ0v) is 11.7. The zero-order chi connectivity index (χ0) is 14.7. The molecule has 0 spiro atoms. The van der Waals surface area contributed by atoms with Crippen LogP contribution in [0.25, 0.3) is 5.69 Å². The molecule has 1 aromatic heterocycles. The SMILES string of the molecule is NCC1(CC(=O)Nc2cccc(-n3cnnn3)c2)CCC1. The third kappa shape index (κ3) is 2.92. The second kappa shape index (κ2) is 5.61. The lowest BCUT2D eigenvalue weighted by molar-refractivity contribution is -0.119.